The summed E-state index contributed by atoms with van der Waals surface area (Å²) in [6.07, 6.45) is 7.43. The Morgan fingerprint density at radius 1 is 1.06 bits per heavy atom. The van der Waals surface area contributed by atoms with Gasteiger partial charge in [-0.1, -0.05) is 50.8 Å². The highest BCUT2D eigenvalue weighted by Gasteiger charge is 2.04. The first kappa shape index (κ1) is 14.2. The minimum Gasteiger partial charge on any atom is -0.327 e. The average molecular weight is 233 g/mol. The fourth-order valence-corrected chi connectivity index (χ4v) is 2.17. The predicted molar refractivity (Wildman–Crippen MR) is 76.4 cm³/mol. The number of hydrogen-bond donors (Lipinski definition) is 1. The maximum absolute atomic E-state index is 6.18. The monoisotopic (exact) mass is 233 g/mol. The maximum atomic E-state index is 6.18. The molecule has 0 saturated carbocycles. The van der Waals surface area contributed by atoms with Gasteiger partial charge in [0.05, 0.1) is 0 Å². The van der Waals surface area contributed by atoms with Crippen LogP contribution in [-0.2, 0) is 6.42 Å². The van der Waals surface area contributed by atoms with Crippen molar-refractivity contribution < 1.29 is 0 Å². The number of nitrogens with two attached hydrogens (primary N) is 1. The first-order valence-corrected chi connectivity index (χ1v) is 6.95. The lowest BCUT2D eigenvalue weighted by molar-refractivity contribution is 0.546. The SMILES string of the molecule is CCCCCCC(N)Cc1ccc(C)c(C)c1. The molecular formula is C16H27N. The molecule has 1 aromatic rings. The van der Waals surface area contributed by atoms with Crippen LogP contribution in [0.5, 0.6) is 0 Å². The van der Waals surface area contributed by atoms with Gasteiger partial charge in [-0.25, -0.2) is 0 Å². The Morgan fingerprint density at radius 3 is 2.47 bits per heavy atom. The van der Waals surface area contributed by atoms with Crippen LogP contribution in [0.25, 0.3) is 0 Å². The van der Waals surface area contributed by atoms with E-state index >= 15 is 0 Å². The van der Waals surface area contributed by atoms with Crippen molar-refractivity contribution >= 4 is 0 Å². The number of hydrogen-bond acceptors (Lipinski definition) is 1. The number of benzene rings is 1. The zero-order valence-corrected chi connectivity index (χ0v) is 11.6. The number of rotatable bonds is 7. The Bertz CT molecular complexity index is 330. The van der Waals surface area contributed by atoms with E-state index in [1.165, 1.54) is 42.4 Å². The van der Waals surface area contributed by atoms with Gasteiger partial charge in [0.1, 0.15) is 0 Å². The zero-order chi connectivity index (χ0) is 12.7. The largest absolute Gasteiger partial charge is 0.327 e. The van der Waals surface area contributed by atoms with Crippen molar-refractivity contribution in [1.29, 1.82) is 0 Å². The summed E-state index contributed by atoms with van der Waals surface area (Å²) in [6.45, 7) is 6.57. The van der Waals surface area contributed by atoms with Gasteiger partial charge in [0.15, 0.2) is 0 Å². The highest BCUT2D eigenvalue weighted by atomic mass is 14.6. The van der Waals surface area contributed by atoms with Gasteiger partial charge < -0.3 is 5.73 Å². The van der Waals surface area contributed by atoms with E-state index in [1.807, 2.05) is 0 Å². The van der Waals surface area contributed by atoms with E-state index in [2.05, 4.69) is 39.0 Å². The van der Waals surface area contributed by atoms with Gasteiger partial charge >= 0.3 is 0 Å². The number of aryl methyl sites for hydroxylation is 2. The highest BCUT2D eigenvalue weighted by Crippen LogP contribution is 2.13. The molecule has 0 aliphatic rings. The first-order chi connectivity index (χ1) is 8.13. The lowest BCUT2D eigenvalue weighted by Crippen LogP contribution is -2.22. The molecule has 0 fully saturated rings. The van der Waals surface area contributed by atoms with Crippen LogP contribution >= 0.6 is 0 Å². The third-order valence-corrected chi connectivity index (χ3v) is 3.50. The van der Waals surface area contributed by atoms with Crippen molar-refractivity contribution in [3.05, 3.63) is 34.9 Å². The third-order valence-electron chi connectivity index (χ3n) is 3.50. The third kappa shape index (κ3) is 5.36. The van der Waals surface area contributed by atoms with Crippen LogP contribution in [0.15, 0.2) is 18.2 Å². The topological polar surface area (TPSA) is 26.0 Å². The van der Waals surface area contributed by atoms with Crippen LogP contribution in [0.1, 0.15) is 55.7 Å². The van der Waals surface area contributed by atoms with E-state index in [-0.39, 0.29) is 0 Å². The van der Waals surface area contributed by atoms with Gasteiger partial charge in [0.25, 0.3) is 0 Å². The van der Waals surface area contributed by atoms with Gasteiger partial charge in [-0.2, -0.15) is 0 Å². The summed E-state index contributed by atoms with van der Waals surface area (Å²) in [5.41, 5.74) is 10.3. The van der Waals surface area contributed by atoms with Crippen molar-refractivity contribution in [3.63, 3.8) is 0 Å². The molecule has 1 nitrogen and oxygen atoms in total. The molecule has 1 aromatic carbocycles. The van der Waals surface area contributed by atoms with E-state index < -0.39 is 0 Å². The fraction of sp³-hybridized carbons (Fsp3) is 0.625. The summed E-state index contributed by atoms with van der Waals surface area (Å²) in [5.74, 6) is 0. The van der Waals surface area contributed by atoms with Crippen molar-refractivity contribution in [1.82, 2.24) is 0 Å². The molecule has 0 saturated heterocycles. The van der Waals surface area contributed by atoms with Gasteiger partial charge in [0.2, 0.25) is 0 Å². The fourth-order valence-electron chi connectivity index (χ4n) is 2.17. The van der Waals surface area contributed by atoms with Crippen molar-refractivity contribution in [2.45, 2.75) is 65.3 Å². The van der Waals surface area contributed by atoms with Crippen LogP contribution < -0.4 is 5.73 Å². The maximum Gasteiger partial charge on any atom is 0.00793 e. The smallest absolute Gasteiger partial charge is 0.00793 e. The molecule has 1 heteroatoms. The molecule has 17 heavy (non-hydrogen) atoms. The molecule has 2 N–H and O–H groups in total. The Labute approximate surface area is 106 Å². The molecule has 0 spiro atoms. The Morgan fingerprint density at radius 2 is 1.82 bits per heavy atom. The van der Waals surface area contributed by atoms with E-state index in [9.17, 15) is 0 Å². The summed E-state index contributed by atoms with van der Waals surface area (Å²) >= 11 is 0. The second-order valence-electron chi connectivity index (χ2n) is 5.23. The van der Waals surface area contributed by atoms with Crippen LogP contribution in [0, 0.1) is 13.8 Å². The molecule has 0 aliphatic heterocycles. The average Bonchev–Trinajstić information content (AvgIpc) is 2.30. The summed E-state index contributed by atoms with van der Waals surface area (Å²) in [4.78, 5) is 0. The van der Waals surface area contributed by atoms with Crippen molar-refractivity contribution in [2.75, 3.05) is 0 Å². The van der Waals surface area contributed by atoms with E-state index in [1.54, 1.807) is 0 Å². The van der Waals surface area contributed by atoms with Crippen LogP contribution in [0.4, 0.5) is 0 Å². The van der Waals surface area contributed by atoms with E-state index in [0.29, 0.717) is 6.04 Å². The summed E-state index contributed by atoms with van der Waals surface area (Å²) in [5, 5.41) is 0. The molecule has 1 atom stereocenters. The van der Waals surface area contributed by atoms with Gasteiger partial charge in [0, 0.05) is 6.04 Å². The molecule has 0 radical (unpaired) electrons. The summed E-state index contributed by atoms with van der Waals surface area (Å²) in [6, 6.07) is 7.03. The van der Waals surface area contributed by atoms with Crippen LogP contribution in [0.2, 0.25) is 0 Å². The Balaban J connectivity index is 2.34. The molecule has 0 bridgehead atoms. The van der Waals surface area contributed by atoms with E-state index in [4.69, 9.17) is 5.73 Å². The second kappa shape index (κ2) is 7.50. The minimum atomic E-state index is 0.328. The molecular weight excluding hydrogens is 206 g/mol. The standard InChI is InChI=1S/C16H27N/c1-4-5-6-7-8-16(17)12-15-10-9-13(2)14(3)11-15/h9-11,16H,4-8,12,17H2,1-3H3. The van der Waals surface area contributed by atoms with E-state index in [0.717, 1.165) is 12.8 Å². The molecule has 1 unspecified atom stereocenters. The molecule has 0 aliphatic carbocycles. The van der Waals surface area contributed by atoms with Gasteiger partial charge in [-0.15, -0.1) is 0 Å². The Kier molecular flexibility index (Phi) is 6.28. The molecule has 1 rings (SSSR count). The zero-order valence-electron chi connectivity index (χ0n) is 11.6. The van der Waals surface area contributed by atoms with Crippen LogP contribution in [0.3, 0.4) is 0 Å². The molecule has 96 valence electrons. The summed E-state index contributed by atoms with van der Waals surface area (Å²) in [7, 11) is 0. The molecule has 0 heterocycles. The van der Waals surface area contributed by atoms with Gasteiger partial charge in [-0.05, 0) is 43.4 Å². The molecule has 0 amide bonds. The first-order valence-electron chi connectivity index (χ1n) is 6.95. The second-order valence-corrected chi connectivity index (χ2v) is 5.23. The normalized spacial score (nSPS) is 12.7. The van der Waals surface area contributed by atoms with Crippen molar-refractivity contribution in [3.8, 4) is 0 Å². The highest BCUT2D eigenvalue weighted by molar-refractivity contribution is 5.30. The molecule has 0 aromatic heterocycles. The quantitative estimate of drug-likeness (QED) is 0.704. The predicted octanol–water partition coefficient (Wildman–Crippen LogP) is 4.14. The van der Waals surface area contributed by atoms with Crippen LogP contribution in [-0.4, -0.2) is 6.04 Å². The Hall–Kier alpha value is -0.820. The van der Waals surface area contributed by atoms with Gasteiger partial charge in [-0.3, -0.25) is 0 Å². The van der Waals surface area contributed by atoms with Crippen molar-refractivity contribution in [2.24, 2.45) is 5.73 Å². The minimum absolute atomic E-state index is 0.328. The summed E-state index contributed by atoms with van der Waals surface area (Å²) < 4.78 is 0. The lowest BCUT2D eigenvalue weighted by Gasteiger charge is -2.12. The number of unbranched alkanes of at least 4 members (excludes halogenated alkanes) is 3. The lowest BCUT2D eigenvalue weighted by atomic mass is 9.98.